The molecule has 44 heavy (non-hydrogen) atoms. The number of carboxylic acid groups (broad SMARTS) is 1. The first-order valence-corrected chi connectivity index (χ1v) is 19.9. The molecule has 0 saturated heterocycles. The molecule has 0 rings (SSSR count). The van der Waals surface area contributed by atoms with Gasteiger partial charge in [-0.3, -0.25) is 19.5 Å². The highest BCUT2D eigenvalue weighted by atomic mass is 31.1. The highest BCUT2D eigenvalue weighted by Gasteiger charge is 2.16. The summed E-state index contributed by atoms with van der Waals surface area (Å²) >= 11 is 0. The summed E-state index contributed by atoms with van der Waals surface area (Å²) in [7, 11) is -0.250. The molecule has 0 fully saturated rings. The third kappa shape index (κ3) is 32.6. The number of carbonyl (C=O) groups is 3. The number of carbonyl (C=O) groups excluding carboxylic acids is 2. The first kappa shape index (κ1) is 43.2. The Morgan fingerprint density at radius 1 is 0.500 bits per heavy atom. The zero-order chi connectivity index (χ0) is 32.4. The lowest BCUT2D eigenvalue weighted by atomic mass is 10.0. The number of unbranched alkanes of at least 4 members (excludes halogenated alkanes) is 26. The number of hydrogen-bond acceptors (Lipinski definition) is 5. The van der Waals surface area contributed by atoms with Crippen molar-refractivity contribution in [1.82, 2.24) is 5.09 Å². The van der Waals surface area contributed by atoms with Crippen molar-refractivity contribution in [3.8, 4) is 0 Å². The second-order valence-corrected chi connectivity index (χ2v) is 14.2. The smallest absolute Gasteiger partial charge is 0.323 e. The van der Waals surface area contributed by atoms with Gasteiger partial charge in [0.25, 0.3) is 0 Å². The van der Waals surface area contributed by atoms with Crippen molar-refractivity contribution in [3.05, 3.63) is 0 Å². The number of aliphatic hydroxyl groups excluding tert-OH is 1. The van der Waals surface area contributed by atoms with Gasteiger partial charge >= 0.3 is 5.97 Å². The summed E-state index contributed by atoms with van der Waals surface area (Å²) in [6.07, 6.45) is 38.1. The Morgan fingerprint density at radius 2 is 0.795 bits per heavy atom. The Balaban J connectivity index is 3.26. The molecule has 0 aliphatic rings. The molecule has 0 heterocycles. The fraction of sp³-hybridized carbons (Fsp3) is 0.919. The number of aliphatic hydroxyl groups is 1. The minimum Gasteiger partial charge on any atom is -0.480 e. The Kier molecular flexibility index (Phi) is 34.4. The summed E-state index contributed by atoms with van der Waals surface area (Å²) < 4.78 is 0. The van der Waals surface area contributed by atoms with Crippen LogP contribution in [-0.4, -0.2) is 40.1 Å². The number of carboxylic acids is 1. The van der Waals surface area contributed by atoms with Gasteiger partial charge in [0.15, 0.2) is 5.52 Å². The largest absolute Gasteiger partial charge is 0.480 e. The van der Waals surface area contributed by atoms with Crippen molar-refractivity contribution in [3.63, 3.8) is 0 Å². The lowest BCUT2D eigenvalue weighted by molar-refractivity contribution is -0.139. The van der Waals surface area contributed by atoms with Crippen molar-refractivity contribution in [2.24, 2.45) is 0 Å². The molecule has 0 aromatic heterocycles. The molecular weight excluding hydrogens is 569 g/mol. The highest BCUT2D eigenvalue weighted by molar-refractivity contribution is 7.55. The maximum absolute atomic E-state index is 12.2. The first-order valence-electron chi connectivity index (χ1n) is 18.9. The van der Waals surface area contributed by atoms with E-state index in [4.69, 9.17) is 10.2 Å². The Labute approximate surface area is 273 Å². The van der Waals surface area contributed by atoms with Crippen molar-refractivity contribution < 1.29 is 24.6 Å². The van der Waals surface area contributed by atoms with Crippen molar-refractivity contribution in [2.75, 3.05) is 6.61 Å². The average molecular weight is 642 g/mol. The number of ketones is 1. The molecule has 0 radical (unpaired) electrons. The van der Waals surface area contributed by atoms with Gasteiger partial charge in [-0.2, -0.15) is 0 Å². The number of rotatable bonds is 37. The fourth-order valence-electron chi connectivity index (χ4n) is 5.79. The summed E-state index contributed by atoms with van der Waals surface area (Å²) in [6.45, 7) is 1.78. The van der Waals surface area contributed by atoms with Crippen LogP contribution in [0.15, 0.2) is 0 Å². The quantitative estimate of drug-likeness (QED) is 0.0460. The predicted octanol–water partition coefficient (Wildman–Crippen LogP) is 10.8. The van der Waals surface area contributed by atoms with E-state index in [-0.39, 0.29) is 14.3 Å². The van der Waals surface area contributed by atoms with E-state index in [9.17, 15) is 14.4 Å². The molecule has 6 nitrogen and oxygen atoms in total. The summed E-state index contributed by atoms with van der Waals surface area (Å²) in [6, 6.07) is -1.05. The van der Waals surface area contributed by atoms with Gasteiger partial charge in [0.05, 0.1) is 6.61 Å². The lowest BCUT2D eigenvalue weighted by Gasteiger charge is -2.10. The van der Waals surface area contributed by atoms with Gasteiger partial charge in [0, 0.05) is 28.0 Å². The van der Waals surface area contributed by atoms with E-state index in [1.165, 1.54) is 148 Å². The molecule has 3 N–H and O–H groups in total. The molecule has 0 bridgehead atoms. The molecule has 0 saturated carbocycles. The molecule has 0 aliphatic carbocycles. The van der Waals surface area contributed by atoms with Crippen LogP contribution >= 0.6 is 8.73 Å². The van der Waals surface area contributed by atoms with Crippen LogP contribution in [0, 0.1) is 0 Å². The molecule has 0 aliphatic heterocycles. The van der Waals surface area contributed by atoms with Crippen LogP contribution in [0.1, 0.15) is 206 Å². The number of Topliss-reactive ketones (excluding diaryl/α,β-unsaturated/α-hetero) is 1. The maximum atomic E-state index is 12.2. The van der Waals surface area contributed by atoms with Crippen molar-refractivity contribution in [1.29, 1.82) is 0 Å². The van der Waals surface area contributed by atoms with Crippen molar-refractivity contribution >= 4 is 26.0 Å². The van der Waals surface area contributed by atoms with E-state index < -0.39 is 18.6 Å². The predicted molar refractivity (Wildman–Crippen MR) is 189 cm³/mol. The Hall–Kier alpha value is -0.840. The van der Waals surface area contributed by atoms with Gasteiger partial charge in [0.1, 0.15) is 11.8 Å². The molecule has 1 unspecified atom stereocenters. The van der Waals surface area contributed by atoms with Gasteiger partial charge in [-0.05, 0) is 19.3 Å². The van der Waals surface area contributed by atoms with Gasteiger partial charge < -0.3 is 10.2 Å². The minimum atomic E-state index is -1.13. The third-order valence-corrected chi connectivity index (χ3v) is 9.81. The molecule has 0 aromatic carbocycles. The number of aliphatic carboxylic acids is 1. The van der Waals surface area contributed by atoms with E-state index >= 15 is 0 Å². The monoisotopic (exact) mass is 642 g/mol. The molecule has 0 aromatic rings. The zero-order valence-electron chi connectivity index (χ0n) is 28.8. The van der Waals surface area contributed by atoms with Crippen LogP contribution in [0.4, 0.5) is 0 Å². The summed E-state index contributed by atoms with van der Waals surface area (Å²) in [4.78, 5) is 34.8. The molecule has 260 valence electrons. The van der Waals surface area contributed by atoms with Crippen LogP contribution in [0.25, 0.3) is 0 Å². The van der Waals surface area contributed by atoms with E-state index in [0.29, 0.717) is 12.2 Å². The van der Waals surface area contributed by atoms with Gasteiger partial charge in [-0.25, -0.2) is 0 Å². The molecular formula is C37H72NO5P. The summed E-state index contributed by atoms with van der Waals surface area (Å²) in [5.74, 6) is -0.646. The fourth-order valence-corrected chi connectivity index (χ4v) is 6.64. The van der Waals surface area contributed by atoms with Gasteiger partial charge in [0.2, 0.25) is 0 Å². The lowest BCUT2D eigenvalue weighted by Crippen LogP contribution is -2.35. The van der Waals surface area contributed by atoms with Crippen LogP contribution in [-0.2, 0) is 14.4 Å². The second kappa shape index (κ2) is 35.0. The first-order chi connectivity index (χ1) is 21.5. The van der Waals surface area contributed by atoms with Crippen LogP contribution in [0.2, 0.25) is 0 Å². The van der Waals surface area contributed by atoms with E-state index in [1.807, 2.05) is 0 Å². The van der Waals surface area contributed by atoms with Crippen molar-refractivity contribution in [2.45, 2.75) is 212 Å². The van der Waals surface area contributed by atoms with Gasteiger partial charge in [-0.1, -0.05) is 167 Å². The van der Waals surface area contributed by atoms with Crippen LogP contribution < -0.4 is 5.09 Å². The SMILES string of the molecule is CCCCCCCCCCCCCCCCCC(=O)CCCCCCCCCCCCCCCC(=O)PN[C@@H](CO)C(=O)O. The number of nitrogens with one attached hydrogen (secondary N) is 1. The normalized spacial score (nSPS) is 12.3. The maximum Gasteiger partial charge on any atom is 0.323 e. The van der Waals surface area contributed by atoms with E-state index in [0.717, 1.165) is 44.9 Å². The minimum absolute atomic E-state index is 0.0340. The third-order valence-electron chi connectivity index (χ3n) is 8.79. The number of hydrogen-bond donors (Lipinski definition) is 3. The van der Waals surface area contributed by atoms with Crippen LogP contribution in [0.3, 0.4) is 0 Å². The van der Waals surface area contributed by atoms with Gasteiger partial charge in [-0.15, -0.1) is 0 Å². The Bertz CT molecular complexity index is 660. The summed E-state index contributed by atoms with van der Waals surface area (Å²) in [5, 5.41) is 20.4. The highest BCUT2D eigenvalue weighted by Crippen LogP contribution is 2.17. The molecule has 7 heteroatoms. The van der Waals surface area contributed by atoms with Crippen LogP contribution in [0.5, 0.6) is 0 Å². The molecule has 2 atom stereocenters. The second-order valence-electron chi connectivity index (χ2n) is 13.1. The average Bonchev–Trinajstić information content (AvgIpc) is 3.01. The summed E-state index contributed by atoms with van der Waals surface area (Å²) in [5.41, 5.74) is 0.0340. The molecule has 0 amide bonds. The molecule has 0 spiro atoms. The zero-order valence-corrected chi connectivity index (χ0v) is 29.8. The standard InChI is InChI=1S/C37H72NO5P/c1-2-3-4-5-6-7-8-9-10-12-15-18-21-24-27-30-34(40)31-28-25-22-19-16-13-11-14-17-20-23-26-29-32-36(41)44-38-35(33-39)37(42)43/h35,38-39,44H,2-33H2,1H3,(H,42,43)/t35-/m0/s1. The Morgan fingerprint density at radius 3 is 1.09 bits per heavy atom. The topological polar surface area (TPSA) is 104 Å². The van der Waals surface area contributed by atoms with E-state index in [1.54, 1.807) is 0 Å². The van der Waals surface area contributed by atoms with E-state index in [2.05, 4.69) is 12.0 Å².